The number of aromatic nitrogens is 2. The molecule has 0 amide bonds. The lowest BCUT2D eigenvalue weighted by molar-refractivity contribution is -0.384. The van der Waals surface area contributed by atoms with Crippen molar-refractivity contribution in [2.45, 2.75) is 6.10 Å². The van der Waals surface area contributed by atoms with Gasteiger partial charge in [-0.25, -0.2) is 4.98 Å². The Kier molecular flexibility index (Phi) is 4.42. The minimum absolute atomic E-state index is 0.138. The van der Waals surface area contributed by atoms with Gasteiger partial charge in [-0.1, -0.05) is 0 Å². The molecule has 1 aliphatic rings. The third-order valence-corrected chi connectivity index (χ3v) is 2.57. The minimum atomic E-state index is -0.528. The second-order valence-corrected chi connectivity index (χ2v) is 3.88. The summed E-state index contributed by atoms with van der Waals surface area (Å²) in [5.41, 5.74) is -0.171. The zero-order valence-electron chi connectivity index (χ0n) is 10.5. The topological polar surface area (TPSA) is 111 Å². The van der Waals surface area contributed by atoms with Crippen LogP contribution >= 0.6 is 0 Å². The van der Waals surface area contributed by atoms with E-state index in [0.29, 0.717) is 32.3 Å². The van der Waals surface area contributed by atoms with Crippen molar-refractivity contribution < 1.29 is 14.4 Å². The van der Waals surface area contributed by atoms with Gasteiger partial charge in [0, 0.05) is 13.6 Å². The Labute approximate surface area is 109 Å². The highest BCUT2D eigenvalue weighted by molar-refractivity contribution is 5.56. The van der Waals surface area contributed by atoms with Gasteiger partial charge in [0.05, 0.1) is 30.8 Å². The highest BCUT2D eigenvalue weighted by atomic mass is 16.6. The van der Waals surface area contributed by atoms with E-state index in [2.05, 4.69) is 20.6 Å². The molecule has 2 heterocycles. The van der Waals surface area contributed by atoms with Crippen LogP contribution in [-0.4, -0.2) is 54.4 Å². The molecule has 9 nitrogen and oxygen atoms in total. The first-order chi connectivity index (χ1) is 9.20. The molecule has 104 valence electrons. The van der Waals surface area contributed by atoms with Crippen molar-refractivity contribution >= 4 is 17.5 Å². The molecule has 1 fully saturated rings. The Morgan fingerprint density at radius 3 is 3.05 bits per heavy atom. The molecule has 0 aliphatic carbocycles. The molecule has 9 heteroatoms. The van der Waals surface area contributed by atoms with Crippen molar-refractivity contribution in [3.8, 4) is 0 Å². The summed E-state index contributed by atoms with van der Waals surface area (Å²) in [6.45, 7) is 1.96. The van der Waals surface area contributed by atoms with Crippen LogP contribution < -0.4 is 10.6 Å². The number of hydrogen-bond donors (Lipinski definition) is 2. The lowest BCUT2D eigenvalue weighted by Crippen LogP contribution is -2.34. The number of nitrogens with one attached hydrogen (secondary N) is 2. The molecule has 1 aliphatic heterocycles. The number of rotatable bonds is 5. The highest BCUT2D eigenvalue weighted by Gasteiger charge is 2.20. The molecule has 1 atom stereocenters. The predicted molar refractivity (Wildman–Crippen MR) is 67.3 cm³/mol. The zero-order valence-corrected chi connectivity index (χ0v) is 10.5. The average Bonchev–Trinajstić information content (AvgIpc) is 2.45. The Morgan fingerprint density at radius 2 is 2.42 bits per heavy atom. The van der Waals surface area contributed by atoms with Crippen LogP contribution in [0.1, 0.15) is 0 Å². The van der Waals surface area contributed by atoms with Gasteiger partial charge in [-0.2, -0.15) is 4.98 Å². The molecule has 2 rings (SSSR count). The van der Waals surface area contributed by atoms with Crippen molar-refractivity contribution in [3.05, 3.63) is 16.3 Å². The van der Waals surface area contributed by atoms with Crippen molar-refractivity contribution in [1.82, 2.24) is 9.97 Å². The van der Waals surface area contributed by atoms with Crippen molar-refractivity contribution in [3.63, 3.8) is 0 Å². The molecule has 1 aromatic heterocycles. The van der Waals surface area contributed by atoms with E-state index < -0.39 is 4.92 Å². The van der Waals surface area contributed by atoms with Crippen LogP contribution in [-0.2, 0) is 9.47 Å². The summed E-state index contributed by atoms with van der Waals surface area (Å²) < 4.78 is 10.7. The van der Waals surface area contributed by atoms with Gasteiger partial charge in [0.25, 0.3) is 0 Å². The monoisotopic (exact) mass is 269 g/mol. The van der Waals surface area contributed by atoms with Gasteiger partial charge in [-0.15, -0.1) is 0 Å². The van der Waals surface area contributed by atoms with E-state index in [1.807, 2.05) is 0 Å². The normalized spacial score (nSPS) is 18.9. The number of nitro groups is 1. The maximum absolute atomic E-state index is 10.9. The SMILES string of the molecule is CNc1ncc([N+](=O)[O-])c(NCC2COCCO2)n1. The summed E-state index contributed by atoms with van der Waals surface area (Å²) in [7, 11) is 1.64. The first-order valence-corrected chi connectivity index (χ1v) is 5.83. The average molecular weight is 269 g/mol. The second kappa shape index (κ2) is 6.25. The summed E-state index contributed by atoms with van der Waals surface area (Å²) in [5, 5.41) is 16.5. The number of ether oxygens (including phenoxy) is 2. The fourth-order valence-corrected chi connectivity index (χ4v) is 1.62. The van der Waals surface area contributed by atoms with Crippen LogP contribution in [0.15, 0.2) is 6.20 Å². The number of anilines is 2. The first-order valence-electron chi connectivity index (χ1n) is 5.83. The fraction of sp³-hybridized carbons (Fsp3) is 0.600. The van der Waals surface area contributed by atoms with Crippen molar-refractivity contribution in [2.24, 2.45) is 0 Å². The largest absolute Gasteiger partial charge is 0.376 e. The van der Waals surface area contributed by atoms with E-state index in [0.717, 1.165) is 0 Å². The lowest BCUT2D eigenvalue weighted by atomic mass is 10.3. The third kappa shape index (κ3) is 3.48. The Hall–Kier alpha value is -2.00. The molecule has 0 aromatic carbocycles. The molecular formula is C10H15N5O4. The summed E-state index contributed by atoms with van der Waals surface area (Å²) >= 11 is 0. The minimum Gasteiger partial charge on any atom is -0.376 e. The van der Waals surface area contributed by atoms with E-state index in [-0.39, 0.29) is 17.6 Å². The van der Waals surface area contributed by atoms with Crippen LogP contribution in [0.4, 0.5) is 17.5 Å². The zero-order chi connectivity index (χ0) is 13.7. The first kappa shape index (κ1) is 13.4. The predicted octanol–water partition coefficient (Wildman–Crippen LogP) is 0.254. The van der Waals surface area contributed by atoms with Gasteiger partial charge < -0.3 is 20.1 Å². The maximum Gasteiger partial charge on any atom is 0.329 e. The number of hydrogen-bond acceptors (Lipinski definition) is 8. The van der Waals surface area contributed by atoms with E-state index in [1.165, 1.54) is 6.20 Å². The van der Waals surface area contributed by atoms with E-state index in [4.69, 9.17) is 9.47 Å². The van der Waals surface area contributed by atoms with Crippen molar-refractivity contribution in [2.75, 3.05) is 44.0 Å². The van der Waals surface area contributed by atoms with Crippen LogP contribution in [0.5, 0.6) is 0 Å². The lowest BCUT2D eigenvalue weighted by Gasteiger charge is -2.23. The molecule has 1 aromatic rings. The molecular weight excluding hydrogens is 254 g/mol. The molecule has 0 radical (unpaired) electrons. The summed E-state index contributed by atoms with van der Waals surface area (Å²) in [6, 6.07) is 0. The Morgan fingerprint density at radius 1 is 1.58 bits per heavy atom. The molecule has 2 N–H and O–H groups in total. The van der Waals surface area contributed by atoms with Gasteiger partial charge in [0.15, 0.2) is 0 Å². The third-order valence-electron chi connectivity index (χ3n) is 2.57. The quantitative estimate of drug-likeness (QED) is 0.578. The number of nitrogens with zero attached hydrogens (tertiary/aromatic N) is 3. The summed E-state index contributed by atoms with van der Waals surface area (Å²) in [4.78, 5) is 18.2. The maximum atomic E-state index is 10.9. The van der Waals surface area contributed by atoms with Crippen LogP contribution in [0.25, 0.3) is 0 Å². The summed E-state index contributed by atoms with van der Waals surface area (Å²) in [6.07, 6.45) is 1.03. The van der Waals surface area contributed by atoms with Crippen LogP contribution in [0.2, 0.25) is 0 Å². The second-order valence-electron chi connectivity index (χ2n) is 3.88. The smallest absolute Gasteiger partial charge is 0.329 e. The van der Waals surface area contributed by atoms with E-state index in [9.17, 15) is 10.1 Å². The van der Waals surface area contributed by atoms with Gasteiger partial charge in [-0.05, 0) is 0 Å². The van der Waals surface area contributed by atoms with Gasteiger partial charge in [0.1, 0.15) is 6.20 Å². The molecule has 0 saturated carbocycles. The Balaban J connectivity index is 2.06. The molecule has 0 spiro atoms. The van der Waals surface area contributed by atoms with Crippen molar-refractivity contribution in [1.29, 1.82) is 0 Å². The molecule has 0 bridgehead atoms. The van der Waals surface area contributed by atoms with Gasteiger partial charge >= 0.3 is 5.69 Å². The highest BCUT2D eigenvalue weighted by Crippen LogP contribution is 2.21. The van der Waals surface area contributed by atoms with E-state index >= 15 is 0 Å². The fourth-order valence-electron chi connectivity index (χ4n) is 1.62. The Bertz CT molecular complexity index is 450. The molecule has 1 saturated heterocycles. The van der Waals surface area contributed by atoms with E-state index in [1.54, 1.807) is 7.05 Å². The van der Waals surface area contributed by atoms with Gasteiger partial charge in [-0.3, -0.25) is 10.1 Å². The molecule has 1 unspecified atom stereocenters. The van der Waals surface area contributed by atoms with Crippen LogP contribution in [0, 0.1) is 10.1 Å². The summed E-state index contributed by atoms with van der Waals surface area (Å²) in [5.74, 6) is 0.479. The molecule has 19 heavy (non-hydrogen) atoms. The van der Waals surface area contributed by atoms with Gasteiger partial charge in [0.2, 0.25) is 11.8 Å². The standard InChI is InChI=1S/C10H15N5O4/c1-11-10-13-5-8(15(16)17)9(14-10)12-4-7-6-18-2-3-19-7/h5,7H,2-4,6H2,1H3,(H2,11,12,13,14). The van der Waals surface area contributed by atoms with Crippen LogP contribution in [0.3, 0.4) is 0 Å².